The first-order valence-electron chi connectivity index (χ1n) is 5.95. The van der Waals surface area contributed by atoms with Gasteiger partial charge >= 0.3 is 0 Å². The van der Waals surface area contributed by atoms with Crippen molar-refractivity contribution in [2.24, 2.45) is 0 Å². The zero-order valence-electron chi connectivity index (χ0n) is 9.22. The fourth-order valence-electron chi connectivity index (χ4n) is 2.24. The van der Waals surface area contributed by atoms with Crippen molar-refractivity contribution in [2.75, 3.05) is 18.0 Å². The van der Waals surface area contributed by atoms with Crippen LogP contribution in [0.5, 0.6) is 0 Å². The Morgan fingerprint density at radius 2 is 2.06 bits per heavy atom. The van der Waals surface area contributed by atoms with Gasteiger partial charge in [-0.1, -0.05) is 0 Å². The predicted molar refractivity (Wildman–Crippen MR) is 60.8 cm³/mol. The lowest BCUT2D eigenvalue weighted by atomic mass is 10.2. The van der Waals surface area contributed by atoms with Crippen LogP contribution in [0.15, 0.2) is 6.20 Å². The number of aldehydes is 1. The van der Waals surface area contributed by atoms with E-state index in [1.54, 1.807) is 6.20 Å². The number of hydrogen-bond acceptors (Lipinski definition) is 4. The topological polar surface area (TPSA) is 46.1 Å². The van der Waals surface area contributed by atoms with Gasteiger partial charge < -0.3 is 4.90 Å². The van der Waals surface area contributed by atoms with Gasteiger partial charge in [0.1, 0.15) is 0 Å². The van der Waals surface area contributed by atoms with Crippen LogP contribution < -0.4 is 4.90 Å². The van der Waals surface area contributed by atoms with Crippen LogP contribution in [-0.4, -0.2) is 29.3 Å². The lowest BCUT2D eigenvalue weighted by molar-refractivity contribution is 0.112. The number of anilines is 1. The Morgan fingerprint density at radius 1 is 1.31 bits per heavy atom. The Hall–Kier alpha value is -1.45. The van der Waals surface area contributed by atoms with Gasteiger partial charge in [0.2, 0.25) is 5.95 Å². The molecule has 1 aliphatic heterocycles. The van der Waals surface area contributed by atoms with Crippen LogP contribution in [0, 0.1) is 0 Å². The third-order valence-corrected chi connectivity index (χ3v) is 3.32. The lowest BCUT2D eigenvalue weighted by Gasteiger charge is -2.16. The number of carbonyl (C=O) groups excluding carboxylic acids is 1. The van der Waals surface area contributed by atoms with Crippen molar-refractivity contribution in [2.45, 2.75) is 31.6 Å². The molecule has 2 heterocycles. The molecule has 1 aliphatic carbocycles. The molecule has 3 rings (SSSR count). The van der Waals surface area contributed by atoms with Crippen LogP contribution in [0.4, 0.5) is 5.95 Å². The maximum absolute atomic E-state index is 10.9. The van der Waals surface area contributed by atoms with Gasteiger partial charge in [0.25, 0.3) is 0 Å². The summed E-state index contributed by atoms with van der Waals surface area (Å²) < 4.78 is 0. The first kappa shape index (κ1) is 9.75. The van der Waals surface area contributed by atoms with E-state index < -0.39 is 0 Å². The van der Waals surface area contributed by atoms with Gasteiger partial charge in [-0.25, -0.2) is 9.97 Å². The summed E-state index contributed by atoms with van der Waals surface area (Å²) in [6.07, 6.45) is 7.33. The van der Waals surface area contributed by atoms with Gasteiger partial charge in [0, 0.05) is 25.2 Å². The SMILES string of the molecule is O=Cc1cnc(N2CCCC2)nc1C1CC1. The maximum Gasteiger partial charge on any atom is 0.225 e. The molecular weight excluding hydrogens is 202 g/mol. The molecule has 0 atom stereocenters. The third kappa shape index (κ3) is 1.68. The minimum atomic E-state index is 0.504. The molecule has 1 aromatic heterocycles. The van der Waals surface area contributed by atoms with Gasteiger partial charge in [-0.3, -0.25) is 4.79 Å². The van der Waals surface area contributed by atoms with Crippen molar-refractivity contribution >= 4 is 12.2 Å². The van der Waals surface area contributed by atoms with Gasteiger partial charge in [-0.2, -0.15) is 0 Å². The van der Waals surface area contributed by atoms with Crippen LogP contribution >= 0.6 is 0 Å². The van der Waals surface area contributed by atoms with Crippen LogP contribution in [-0.2, 0) is 0 Å². The Labute approximate surface area is 94.7 Å². The van der Waals surface area contributed by atoms with E-state index in [9.17, 15) is 4.79 Å². The number of rotatable bonds is 3. The first-order valence-corrected chi connectivity index (χ1v) is 5.95. The monoisotopic (exact) mass is 217 g/mol. The van der Waals surface area contributed by atoms with Crippen LogP contribution in [0.1, 0.15) is 47.7 Å². The molecule has 0 aromatic carbocycles. The second kappa shape index (κ2) is 3.85. The lowest BCUT2D eigenvalue weighted by Crippen LogP contribution is -2.21. The minimum Gasteiger partial charge on any atom is -0.341 e. The Kier molecular flexibility index (Phi) is 2.35. The summed E-state index contributed by atoms with van der Waals surface area (Å²) in [5.41, 5.74) is 1.64. The van der Waals surface area contributed by atoms with Gasteiger partial charge in [-0.05, 0) is 25.7 Å². The van der Waals surface area contributed by atoms with Crippen molar-refractivity contribution in [1.29, 1.82) is 0 Å². The second-order valence-electron chi connectivity index (χ2n) is 4.60. The number of hydrogen-bond donors (Lipinski definition) is 0. The second-order valence-corrected chi connectivity index (χ2v) is 4.60. The minimum absolute atomic E-state index is 0.504. The normalized spacial score (nSPS) is 20.1. The van der Waals surface area contributed by atoms with Gasteiger partial charge in [0.15, 0.2) is 6.29 Å². The predicted octanol–water partition coefficient (Wildman–Crippen LogP) is 1.77. The van der Waals surface area contributed by atoms with Crippen molar-refractivity contribution in [3.8, 4) is 0 Å². The Bertz CT molecular complexity index is 409. The molecule has 16 heavy (non-hydrogen) atoms. The highest BCUT2D eigenvalue weighted by Crippen LogP contribution is 2.40. The molecule has 4 heteroatoms. The van der Waals surface area contributed by atoms with E-state index in [2.05, 4.69) is 14.9 Å². The quantitative estimate of drug-likeness (QED) is 0.724. The molecule has 0 radical (unpaired) electrons. The highest BCUT2D eigenvalue weighted by molar-refractivity contribution is 5.76. The fraction of sp³-hybridized carbons (Fsp3) is 0.583. The molecule has 4 nitrogen and oxygen atoms in total. The van der Waals surface area contributed by atoms with Crippen LogP contribution in [0.2, 0.25) is 0 Å². The highest BCUT2D eigenvalue weighted by Gasteiger charge is 2.29. The summed E-state index contributed by atoms with van der Waals surface area (Å²) in [7, 11) is 0. The van der Waals surface area contributed by atoms with Crippen molar-refractivity contribution < 1.29 is 4.79 Å². The molecule has 2 fully saturated rings. The van der Waals surface area contributed by atoms with E-state index in [0.29, 0.717) is 11.5 Å². The summed E-state index contributed by atoms with van der Waals surface area (Å²) >= 11 is 0. The molecule has 84 valence electrons. The first-order chi connectivity index (χ1) is 7.88. The molecule has 0 bridgehead atoms. The average molecular weight is 217 g/mol. The summed E-state index contributed by atoms with van der Waals surface area (Å²) in [6, 6.07) is 0. The molecular formula is C12H15N3O. The average Bonchev–Trinajstić information content (AvgIpc) is 3.03. The fourth-order valence-corrected chi connectivity index (χ4v) is 2.24. The molecule has 0 unspecified atom stereocenters. The number of nitrogens with zero attached hydrogens (tertiary/aromatic N) is 3. The summed E-state index contributed by atoms with van der Waals surface area (Å²) in [4.78, 5) is 22.0. The van der Waals surface area contributed by atoms with Gasteiger partial charge in [-0.15, -0.1) is 0 Å². The standard InChI is InChI=1S/C12H15N3O/c16-8-10-7-13-12(15-5-1-2-6-15)14-11(10)9-3-4-9/h7-9H,1-6H2. The van der Waals surface area contributed by atoms with Crippen molar-refractivity contribution in [3.63, 3.8) is 0 Å². The molecule has 1 saturated heterocycles. The highest BCUT2D eigenvalue weighted by atomic mass is 16.1. The third-order valence-electron chi connectivity index (χ3n) is 3.32. The molecule has 0 amide bonds. The molecule has 1 saturated carbocycles. The van der Waals surface area contributed by atoms with Crippen molar-refractivity contribution in [3.05, 3.63) is 17.5 Å². The molecule has 2 aliphatic rings. The Balaban J connectivity index is 1.94. The molecule has 0 N–H and O–H groups in total. The van der Waals surface area contributed by atoms with E-state index in [1.807, 2.05) is 0 Å². The smallest absolute Gasteiger partial charge is 0.225 e. The van der Waals surface area contributed by atoms with Crippen LogP contribution in [0.3, 0.4) is 0 Å². The van der Waals surface area contributed by atoms with Crippen molar-refractivity contribution in [1.82, 2.24) is 9.97 Å². The van der Waals surface area contributed by atoms with Gasteiger partial charge in [0.05, 0.1) is 11.3 Å². The van der Waals surface area contributed by atoms with E-state index >= 15 is 0 Å². The van der Waals surface area contributed by atoms with E-state index in [1.165, 1.54) is 12.8 Å². The molecule has 1 aromatic rings. The number of aromatic nitrogens is 2. The zero-order chi connectivity index (χ0) is 11.0. The van der Waals surface area contributed by atoms with E-state index in [0.717, 1.165) is 43.9 Å². The summed E-state index contributed by atoms with van der Waals surface area (Å²) in [6.45, 7) is 2.09. The number of carbonyl (C=O) groups is 1. The van der Waals surface area contributed by atoms with Crippen LogP contribution in [0.25, 0.3) is 0 Å². The van der Waals surface area contributed by atoms with E-state index in [4.69, 9.17) is 0 Å². The summed E-state index contributed by atoms with van der Waals surface area (Å²) in [5, 5.41) is 0. The molecule has 0 spiro atoms. The van der Waals surface area contributed by atoms with E-state index in [-0.39, 0.29) is 0 Å². The largest absolute Gasteiger partial charge is 0.341 e. The summed E-state index contributed by atoms with van der Waals surface area (Å²) in [5.74, 6) is 1.31. The maximum atomic E-state index is 10.9. The Morgan fingerprint density at radius 3 is 2.69 bits per heavy atom. The zero-order valence-corrected chi connectivity index (χ0v) is 9.22.